The quantitative estimate of drug-likeness (QED) is 0.800. The first-order valence-corrected chi connectivity index (χ1v) is 7.21. The molecule has 0 bridgehead atoms. The molecule has 0 aliphatic rings. The van der Waals surface area contributed by atoms with Crippen LogP contribution in [-0.2, 0) is 15.8 Å². The van der Waals surface area contributed by atoms with Crippen LogP contribution in [0.3, 0.4) is 0 Å². The molecule has 0 spiro atoms. The highest BCUT2D eigenvalue weighted by Gasteiger charge is 2.19. The van der Waals surface area contributed by atoms with E-state index in [1.165, 1.54) is 0 Å². The van der Waals surface area contributed by atoms with E-state index < -0.39 is 10.0 Å². The summed E-state index contributed by atoms with van der Waals surface area (Å²) in [5.74, 6) is 0.00842. The molecule has 0 radical (unpaired) electrons. The number of nitrogens with two attached hydrogens (primary N) is 1. The molecule has 17 heavy (non-hydrogen) atoms. The fourth-order valence-electron chi connectivity index (χ4n) is 1.22. The second-order valence-corrected chi connectivity index (χ2v) is 6.74. The average Bonchev–Trinajstić information content (AvgIpc) is 2.28. The van der Waals surface area contributed by atoms with Crippen molar-refractivity contribution in [2.24, 2.45) is 11.1 Å². The molecule has 0 fully saturated rings. The predicted octanol–water partition coefficient (Wildman–Crippen LogP) is 1.09. The molecule has 0 aliphatic carbocycles. The summed E-state index contributed by atoms with van der Waals surface area (Å²) in [6, 6.07) is 9.12. The van der Waals surface area contributed by atoms with Gasteiger partial charge in [0.25, 0.3) is 0 Å². The van der Waals surface area contributed by atoms with Crippen molar-refractivity contribution in [3.63, 3.8) is 0 Å². The normalized spacial score (nSPS) is 12.6. The monoisotopic (exact) mass is 256 g/mol. The molecule has 3 N–H and O–H groups in total. The Kier molecular flexibility index (Phi) is 4.68. The Morgan fingerprint density at radius 3 is 2.35 bits per heavy atom. The van der Waals surface area contributed by atoms with E-state index in [4.69, 9.17) is 5.73 Å². The van der Waals surface area contributed by atoms with Gasteiger partial charge in [0.2, 0.25) is 10.0 Å². The van der Waals surface area contributed by atoms with Gasteiger partial charge >= 0.3 is 0 Å². The van der Waals surface area contributed by atoms with Gasteiger partial charge in [0.1, 0.15) is 0 Å². The van der Waals surface area contributed by atoms with Crippen LogP contribution in [-0.4, -0.2) is 21.5 Å². The first-order chi connectivity index (χ1) is 7.85. The highest BCUT2D eigenvalue weighted by atomic mass is 32.2. The molecule has 1 aromatic rings. The second-order valence-electron chi connectivity index (χ2n) is 4.93. The summed E-state index contributed by atoms with van der Waals surface area (Å²) in [6.45, 7) is 4.66. The van der Waals surface area contributed by atoms with Crippen molar-refractivity contribution < 1.29 is 8.42 Å². The molecule has 0 amide bonds. The van der Waals surface area contributed by atoms with Gasteiger partial charge in [0.15, 0.2) is 0 Å². The van der Waals surface area contributed by atoms with Crippen LogP contribution in [0.5, 0.6) is 0 Å². The summed E-state index contributed by atoms with van der Waals surface area (Å²) >= 11 is 0. The Morgan fingerprint density at radius 2 is 1.82 bits per heavy atom. The minimum Gasteiger partial charge on any atom is -0.330 e. The Labute approximate surface area is 103 Å². The molecular weight excluding hydrogens is 236 g/mol. The summed E-state index contributed by atoms with van der Waals surface area (Å²) in [7, 11) is -3.28. The lowest BCUT2D eigenvalue weighted by Crippen LogP contribution is -2.38. The maximum atomic E-state index is 11.8. The maximum absolute atomic E-state index is 11.8. The topological polar surface area (TPSA) is 72.2 Å². The Morgan fingerprint density at radius 1 is 1.24 bits per heavy atom. The fraction of sp³-hybridized carbons (Fsp3) is 0.500. The molecule has 4 nitrogen and oxygen atoms in total. The number of nitrogens with one attached hydrogen (secondary N) is 1. The van der Waals surface area contributed by atoms with Crippen LogP contribution in [0, 0.1) is 5.41 Å². The number of sulfonamides is 1. The lowest BCUT2D eigenvalue weighted by molar-refractivity contribution is 0.376. The predicted molar refractivity (Wildman–Crippen MR) is 69.9 cm³/mol. The first kappa shape index (κ1) is 14.2. The van der Waals surface area contributed by atoms with Crippen molar-refractivity contribution in [1.82, 2.24) is 4.72 Å². The van der Waals surface area contributed by atoms with E-state index in [9.17, 15) is 8.42 Å². The van der Waals surface area contributed by atoms with Crippen molar-refractivity contribution in [2.45, 2.75) is 19.6 Å². The number of hydrogen-bond acceptors (Lipinski definition) is 3. The smallest absolute Gasteiger partial charge is 0.215 e. The third kappa shape index (κ3) is 5.30. The van der Waals surface area contributed by atoms with Crippen LogP contribution in [0.15, 0.2) is 30.3 Å². The molecule has 5 heteroatoms. The number of hydrogen-bond donors (Lipinski definition) is 2. The lowest BCUT2D eigenvalue weighted by atomic mass is 9.95. The van der Waals surface area contributed by atoms with Crippen LogP contribution < -0.4 is 10.5 Å². The lowest BCUT2D eigenvalue weighted by Gasteiger charge is -2.22. The van der Waals surface area contributed by atoms with Gasteiger partial charge in [-0.25, -0.2) is 13.1 Å². The van der Waals surface area contributed by atoms with Crippen LogP contribution in [0.2, 0.25) is 0 Å². The highest BCUT2D eigenvalue weighted by Crippen LogP contribution is 2.12. The van der Waals surface area contributed by atoms with Crippen molar-refractivity contribution in [2.75, 3.05) is 13.1 Å². The van der Waals surface area contributed by atoms with Gasteiger partial charge in [0.05, 0.1) is 5.75 Å². The summed E-state index contributed by atoms with van der Waals surface area (Å²) in [5.41, 5.74) is 6.12. The SMILES string of the molecule is CC(C)(CN)CNS(=O)(=O)Cc1ccccc1. The van der Waals surface area contributed by atoms with Crippen molar-refractivity contribution in [3.05, 3.63) is 35.9 Å². The summed E-state index contributed by atoms with van der Waals surface area (Å²) < 4.78 is 26.2. The van der Waals surface area contributed by atoms with E-state index in [2.05, 4.69) is 4.72 Å². The van der Waals surface area contributed by atoms with Gasteiger partial charge < -0.3 is 5.73 Å². The van der Waals surface area contributed by atoms with E-state index in [0.29, 0.717) is 13.1 Å². The summed E-state index contributed by atoms with van der Waals surface area (Å²) in [6.07, 6.45) is 0. The molecule has 96 valence electrons. The van der Waals surface area contributed by atoms with Crippen molar-refractivity contribution in [3.8, 4) is 0 Å². The zero-order chi connectivity index (χ0) is 12.9. The fourth-order valence-corrected chi connectivity index (χ4v) is 2.57. The minimum absolute atomic E-state index is 0.00842. The van der Waals surface area contributed by atoms with E-state index >= 15 is 0 Å². The zero-order valence-electron chi connectivity index (χ0n) is 10.3. The molecular formula is C12H20N2O2S. The molecule has 0 aliphatic heterocycles. The molecule has 0 unspecified atom stereocenters. The van der Waals surface area contributed by atoms with Gasteiger partial charge in [-0.05, 0) is 17.5 Å². The van der Waals surface area contributed by atoms with Crippen LogP contribution in [0.25, 0.3) is 0 Å². The molecule has 0 saturated carbocycles. The molecule has 0 saturated heterocycles. The van der Waals surface area contributed by atoms with E-state index in [0.717, 1.165) is 5.56 Å². The van der Waals surface area contributed by atoms with Crippen molar-refractivity contribution >= 4 is 10.0 Å². The Balaban J connectivity index is 2.59. The standard InChI is InChI=1S/C12H20N2O2S/c1-12(2,9-13)10-14-17(15,16)8-11-6-4-3-5-7-11/h3-7,14H,8-10,13H2,1-2H3. The van der Waals surface area contributed by atoms with E-state index in [-0.39, 0.29) is 11.2 Å². The largest absolute Gasteiger partial charge is 0.330 e. The van der Waals surface area contributed by atoms with E-state index in [1.54, 1.807) is 12.1 Å². The van der Waals surface area contributed by atoms with Gasteiger partial charge in [-0.1, -0.05) is 44.2 Å². The van der Waals surface area contributed by atoms with Gasteiger partial charge in [0, 0.05) is 6.54 Å². The molecule has 0 aromatic heterocycles. The van der Waals surface area contributed by atoms with Crippen LogP contribution in [0.1, 0.15) is 19.4 Å². The van der Waals surface area contributed by atoms with Gasteiger partial charge in [-0.15, -0.1) is 0 Å². The summed E-state index contributed by atoms with van der Waals surface area (Å²) in [5, 5.41) is 0. The van der Waals surface area contributed by atoms with Crippen molar-refractivity contribution in [1.29, 1.82) is 0 Å². The van der Waals surface area contributed by atoms with Crippen LogP contribution >= 0.6 is 0 Å². The highest BCUT2D eigenvalue weighted by molar-refractivity contribution is 7.88. The number of rotatable bonds is 6. The summed E-state index contributed by atoms with van der Waals surface area (Å²) in [4.78, 5) is 0. The third-order valence-corrected chi connectivity index (χ3v) is 3.82. The Hall–Kier alpha value is -0.910. The molecule has 0 atom stereocenters. The molecule has 1 rings (SSSR count). The van der Waals surface area contributed by atoms with Gasteiger partial charge in [-0.2, -0.15) is 0 Å². The number of benzene rings is 1. The zero-order valence-corrected chi connectivity index (χ0v) is 11.1. The Bertz CT molecular complexity index is 441. The van der Waals surface area contributed by atoms with Crippen LogP contribution in [0.4, 0.5) is 0 Å². The van der Waals surface area contributed by atoms with E-state index in [1.807, 2.05) is 32.0 Å². The second kappa shape index (κ2) is 5.62. The average molecular weight is 256 g/mol. The molecule has 1 aromatic carbocycles. The minimum atomic E-state index is -3.28. The van der Waals surface area contributed by atoms with Gasteiger partial charge in [-0.3, -0.25) is 0 Å². The maximum Gasteiger partial charge on any atom is 0.215 e. The first-order valence-electron chi connectivity index (χ1n) is 5.56. The molecule has 0 heterocycles. The third-order valence-electron chi connectivity index (χ3n) is 2.52.